The zero-order valence-corrected chi connectivity index (χ0v) is 25.4. The summed E-state index contributed by atoms with van der Waals surface area (Å²) in [6.07, 6.45) is 5.92. The van der Waals surface area contributed by atoms with Gasteiger partial charge in [0.05, 0.1) is 28.4 Å². The fourth-order valence-corrected chi connectivity index (χ4v) is 5.69. The third-order valence-electron chi connectivity index (χ3n) is 8.02. The van der Waals surface area contributed by atoms with Crippen molar-refractivity contribution in [3.05, 3.63) is 72.8 Å². The van der Waals surface area contributed by atoms with Gasteiger partial charge in [0.25, 0.3) is 0 Å². The molecule has 0 atom stereocenters. The molecule has 0 saturated carbocycles. The number of fused-ring (bicyclic) bond motifs is 2. The maximum absolute atomic E-state index is 14.8. The fraction of sp³-hybridized carbons (Fsp3) is 0.294. The van der Waals surface area contributed by atoms with E-state index >= 15 is 0 Å². The summed E-state index contributed by atoms with van der Waals surface area (Å²) in [7, 11) is 4.01. The minimum absolute atomic E-state index is 0.354. The van der Waals surface area contributed by atoms with Crippen molar-refractivity contribution < 1.29 is 13.9 Å². The first kappa shape index (κ1) is 28.9. The third-order valence-corrected chi connectivity index (χ3v) is 8.02. The molecule has 0 unspecified atom stereocenters. The number of nitrogens with one attached hydrogen (secondary N) is 2. The van der Waals surface area contributed by atoms with Gasteiger partial charge in [-0.3, -0.25) is 15.0 Å². The molecule has 1 saturated heterocycles. The first-order valence-corrected chi connectivity index (χ1v) is 15.2. The van der Waals surface area contributed by atoms with Gasteiger partial charge in [0.1, 0.15) is 36.0 Å². The highest BCUT2D eigenvalue weighted by Crippen LogP contribution is 2.34. The van der Waals surface area contributed by atoms with E-state index in [1.54, 1.807) is 12.4 Å². The minimum Gasteiger partial charge on any atom is -0.492 e. The number of ether oxygens (including phenoxy) is 2. The number of hydrogen-bond acceptors (Lipinski definition) is 8. The zero-order valence-electron chi connectivity index (χ0n) is 25.4. The van der Waals surface area contributed by atoms with E-state index in [-0.39, 0.29) is 5.82 Å². The number of aromatic amines is 2. The fourth-order valence-electron chi connectivity index (χ4n) is 5.69. The molecule has 1 fully saturated rings. The molecule has 0 radical (unpaired) electrons. The number of para-hydroxylation sites is 1. The summed E-state index contributed by atoms with van der Waals surface area (Å²) in [5, 5.41) is 7.63. The molecule has 1 aliphatic heterocycles. The van der Waals surface area contributed by atoms with Crippen LogP contribution in [0, 0.1) is 5.82 Å². The summed E-state index contributed by atoms with van der Waals surface area (Å²) in [4.78, 5) is 22.1. The molecule has 11 heteroatoms. The SMILES string of the molecule is CN(C)CCOc1cncc(-c2ccc3[nH]nc(-c4nc5c(-c6cc(F)cc(OCCN7CCCC7)c6)cccc5[nH]4)c3n2)c1. The summed E-state index contributed by atoms with van der Waals surface area (Å²) >= 11 is 0. The smallest absolute Gasteiger partial charge is 0.161 e. The topological polar surface area (TPSA) is 108 Å². The number of H-pyrrole nitrogens is 2. The van der Waals surface area contributed by atoms with Gasteiger partial charge in [-0.05, 0) is 82.0 Å². The second kappa shape index (κ2) is 12.6. The van der Waals surface area contributed by atoms with Crippen LogP contribution in [0.1, 0.15) is 12.8 Å². The molecule has 0 bridgehead atoms. The lowest BCUT2D eigenvalue weighted by Crippen LogP contribution is -2.25. The molecule has 7 rings (SSSR count). The van der Waals surface area contributed by atoms with Crippen LogP contribution in [0.25, 0.3) is 56.0 Å². The molecule has 0 amide bonds. The van der Waals surface area contributed by atoms with Crippen LogP contribution in [-0.4, -0.2) is 93.4 Å². The number of likely N-dealkylation sites (tertiary alicyclic amines) is 1. The van der Waals surface area contributed by atoms with Crippen LogP contribution in [0.4, 0.5) is 4.39 Å². The Hall–Kier alpha value is -4.87. The number of hydrogen-bond donors (Lipinski definition) is 2. The quantitative estimate of drug-likeness (QED) is 0.191. The standard InChI is InChI=1S/C34H35FN8O2/c1-42(2)12-14-45-26-18-23(20-36-21-26)28-8-9-30-32(37-28)33(41-40-30)34-38-29-7-5-6-27(31(29)39-34)22-16-24(35)19-25(17-22)44-15-13-43-10-3-4-11-43/h5-9,16-21H,3-4,10-15H2,1-2H3,(H,38,39)(H,40,41). The Kier molecular flexibility index (Phi) is 8.10. The highest BCUT2D eigenvalue weighted by molar-refractivity contribution is 5.96. The number of imidazole rings is 1. The highest BCUT2D eigenvalue weighted by atomic mass is 19.1. The molecule has 6 aromatic rings. The van der Waals surface area contributed by atoms with Gasteiger partial charge in [-0.15, -0.1) is 0 Å². The molecule has 10 nitrogen and oxygen atoms in total. The molecule has 230 valence electrons. The summed E-state index contributed by atoms with van der Waals surface area (Å²) in [6, 6.07) is 16.4. The predicted octanol–water partition coefficient (Wildman–Crippen LogP) is 5.78. The zero-order chi connectivity index (χ0) is 30.8. The molecule has 2 N–H and O–H groups in total. The monoisotopic (exact) mass is 606 g/mol. The van der Waals surface area contributed by atoms with Crippen molar-refractivity contribution in [2.75, 3.05) is 53.5 Å². The highest BCUT2D eigenvalue weighted by Gasteiger charge is 2.18. The van der Waals surface area contributed by atoms with Crippen molar-refractivity contribution in [1.29, 1.82) is 0 Å². The van der Waals surface area contributed by atoms with Gasteiger partial charge >= 0.3 is 0 Å². The molecule has 2 aromatic carbocycles. The summed E-state index contributed by atoms with van der Waals surface area (Å²) < 4.78 is 26.6. The van der Waals surface area contributed by atoms with Crippen LogP contribution in [0.2, 0.25) is 0 Å². The molecule has 0 aliphatic carbocycles. The van der Waals surface area contributed by atoms with E-state index in [9.17, 15) is 4.39 Å². The first-order valence-electron chi connectivity index (χ1n) is 15.2. The van der Waals surface area contributed by atoms with E-state index in [1.807, 2.05) is 56.6 Å². The van der Waals surface area contributed by atoms with Gasteiger partial charge in [-0.25, -0.2) is 14.4 Å². The summed E-state index contributed by atoms with van der Waals surface area (Å²) in [5.41, 5.74) is 6.63. The Morgan fingerprint density at radius 1 is 0.867 bits per heavy atom. The molecule has 4 aromatic heterocycles. The van der Waals surface area contributed by atoms with Crippen LogP contribution >= 0.6 is 0 Å². The minimum atomic E-state index is -0.354. The number of benzene rings is 2. The molecular formula is C34H35FN8O2. The Morgan fingerprint density at radius 2 is 1.71 bits per heavy atom. The van der Waals surface area contributed by atoms with E-state index in [1.165, 1.54) is 25.0 Å². The summed E-state index contributed by atoms with van der Waals surface area (Å²) in [5.74, 6) is 1.40. The number of halogens is 1. The molecule has 0 spiro atoms. The van der Waals surface area contributed by atoms with Crippen LogP contribution < -0.4 is 9.47 Å². The average molecular weight is 607 g/mol. The molecule has 1 aliphatic rings. The van der Waals surface area contributed by atoms with E-state index < -0.39 is 0 Å². The van der Waals surface area contributed by atoms with Crippen LogP contribution in [0.15, 0.2) is 67.0 Å². The van der Waals surface area contributed by atoms with E-state index in [4.69, 9.17) is 19.4 Å². The van der Waals surface area contributed by atoms with Gasteiger partial charge in [-0.1, -0.05) is 12.1 Å². The average Bonchev–Trinajstić information content (AvgIpc) is 3.80. The van der Waals surface area contributed by atoms with Gasteiger partial charge < -0.3 is 19.4 Å². The second-order valence-electron chi connectivity index (χ2n) is 11.6. The van der Waals surface area contributed by atoms with Crippen molar-refractivity contribution in [3.8, 4) is 45.4 Å². The first-order chi connectivity index (χ1) is 22.0. The van der Waals surface area contributed by atoms with Crippen molar-refractivity contribution in [3.63, 3.8) is 0 Å². The Morgan fingerprint density at radius 3 is 2.58 bits per heavy atom. The number of likely N-dealkylation sites (N-methyl/N-ethyl adjacent to an activating group) is 1. The van der Waals surface area contributed by atoms with Gasteiger partial charge in [0.2, 0.25) is 0 Å². The lowest BCUT2D eigenvalue weighted by Gasteiger charge is -2.15. The van der Waals surface area contributed by atoms with Crippen LogP contribution in [0.3, 0.4) is 0 Å². The molecule has 45 heavy (non-hydrogen) atoms. The number of rotatable bonds is 11. The van der Waals surface area contributed by atoms with Crippen molar-refractivity contribution >= 4 is 22.1 Å². The van der Waals surface area contributed by atoms with Crippen LogP contribution in [0.5, 0.6) is 11.5 Å². The lowest BCUT2D eigenvalue weighted by molar-refractivity contribution is 0.237. The largest absolute Gasteiger partial charge is 0.492 e. The maximum Gasteiger partial charge on any atom is 0.161 e. The van der Waals surface area contributed by atoms with E-state index in [0.29, 0.717) is 52.8 Å². The Balaban J connectivity index is 1.18. The normalized spacial score (nSPS) is 13.8. The third kappa shape index (κ3) is 6.36. The number of pyridine rings is 2. The Bertz CT molecular complexity index is 1950. The number of aromatic nitrogens is 6. The van der Waals surface area contributed by atoms with Gasteiger partial charge in [-0.2, -0.15) is 5.10 Å². The second-order valence-corrected chi connectivity index (χ2v) is 11.6. The van der Waals surface area contributed by atoms with E-state index in [2.05, 4.69) is 30.0 Å². The molecular weight excluding hydrogens is 571 g/mol. The number of nitrogens with zero attached hydrogens (tertiary/aromatic N) is 6. The van der Waals surface area contributed by atoms with Crippen LogP contribution in [-0.2, 0) is 0 Å². The van der Waals surface area contributed by atoms with Crippen molar-refractivity contribution in [2.45, 2.75) is 12.8 Å². The predicted molar refractivity (Wildman–Crippen MR) is 173 cm³/mol. The van der Waals surface area contributed by atoms with E-state index in [0.717, 1.165) is 54.0 Å². The van der Waals surface area contributed by atoms with Gasteiger partial charge in [0, 0.05) is 36.5 Å². The molecule has 5 heterocycles. The van der Waals surface area contributed by atoms with Crippen molar-refractivity contribution in [2.24, 2.45) is 0 Å². The lowest BCUT2D eigenvalue weighted by atomic mass is 10.0. The maximum atomic E-state index is 14.8. The van der Waals surface area contributed by atoms with Gasteiger partial charge in [0.15, 0.2) is 11.5 Å². The Labute approximate surface area is 260 Å². The van der Waals surface area contributed by atoms with Crippen molar-refractivity contribution in [1.82, 2.24) is 39.9 Å². The summed E-state index contributed by atoms with van der Waals surface area (Å²) in [6.45, 7) is 4.92.